The summed E-state index contributed by atoms with van der Waals surface area (Å²) in [6.45, 7) is 2.80. The highest BCUT2D eigenvalue weighted by Crippen LogP contribution is 2.30. The zero-order chi connectivity index (χ0) is 14.4. The SMILES string of the molecule is CCCOc1cc(OCc2ccccc2)c(N)cc1F. The number of ether oxygens (including phenoxy) is 2. The maximum atomic E-state index is 13.7. The monoisotopic (exact) mass is 275 g/mol. The first kappa shape index (κ1) is 14.2. The molecule has 0 aliphatic heterocycles. The van der Waals surface area contributed by atoms with Gasteiger partial charge in [0.05, 0.1) is 12.3 Å². The molecule has 2 aromatic carbocycles. The van der Waals surface area contributed by atoms with Crippen LogP contribution < -0.4 is 15.2 Å². The van der Waals surface area contributed by atoms with Gasteiger partial charge in [-0.05, 0) is 12.0 Å². The summed E-state index contributed by atoms with van der Waals surface area (Å²) in [6.07, 6.45) is 0.810. The molecule has 2 aromatic rings. The van der Waals surface area contributed by atoms with E-state index in [1.54, 1.807) is 0 Å². The Balaban J connectivity index is 2.10. The summed E-state index contributed by atoms with van der Waals surface area (Å²) in [6, 6.07) is 12.4. The zero-order valence-electron chi connectivity index (χ0n) is 11.4. The zero-order valence-corrected chi connectivity index (χ0v) is 11.4. The molecular formula is C16H18FNO2. The molecule has 0 aliphatic carbocycles. The number of hydrogen-bond acceptors (Lipinski definition) is 3. The van der Waals surface area contributed by atoms with Gasteiger partial charge in [0.1, 0.15) is 12.4 Å². The molecule has 0 heterocycles. The summed E-state index contributed by atoms with van der Waals surface area (Å²) >= 11 is 0. The van der Waals surface area contributed by atoms with Crippen molar-refractivity contribution in [2.24, 2.45) is 0 Å². The van der Waals surface area contributed by atoms with Gasteiger partial charge in [0.2, 0.25) is 0 Å². The lowest BCUT2D eigenvalue weighted by molar-refractivity contribution is 0.287. The second-order valence-corrected chi connectivity index (χ2v) is 4.44. The molecule has 106 valence electrons. The van der Waals surface area contributed by atoms with Crippen molar-refractivity contribution >= 4 is 5.69 Å². The normalized spacial score (nSPS) is 10.3. The van der Waals surface area contributed by atoms with Gasteiger partial charge in [-0.25, -0.2) is 4.39 Å². The van der Waals surface area contributed by atoms with Crippen molar-refractivity contribution in [3.05, 3.63) is 53.8 Å². The predicted octanol–water partition coefficient (Wildman–Crippen LogP) is 3.78. The number of rotatable bonds is 6. The van der Waals surface area contributed by atoms with E-state index in [-0.39, 0.29) is 11.4 Å². The Morgan fingerprint density at radius 3 is 2.50 bits per heavy atom. The second-order valence-electron chi connectivity index (χ2n) is 4.44. The number of halogens is 1. The van der Waals surface area contributed by atoms with Gasteiger partial charge in [-0.2, -0.15) is 0 Å². The lowest BCUT2D eigenvalue weighted by Crippen LogP contribution is -2.02. The highest BCUT2D eigenvalue weighted by atomic mass is 19.1. The molecular weight excluding hydrogens is 257 g/mol. The quantitative estimate of drug-likeness (QED) is 0.816. The van der Waals surface area contributed by atoms with E-state index in [1.165, 1.54) is 12.1 Å². The molecule has 2 N–H and O–H groups in total. The Kier molecular flexibility index (Phi) is 4.82. The van der Waals surface area contributed by atoms with Gasteiger partial charge < -0.3 is 15.2 Å². The largest absolute Gasteiger partial charge is 0.490 e. The van der Waals surface area contributed by atoms with Crippen LogP contribution in [0.4, 0.5) is 10.1 Å². The van der Waals surface area contributed by atoms with Gasteiger partial charge in [-0.15, -0.1) is 0 Å². The van der Waals surface area contributed by atoms with E-state index in [2.05, 4.69) is 0 Å². The first-order valence-corrected chi connectivity index (χ1v) is 6.59. The van der Waals surface area contributed by atoms with Crippen LogP contribution in [0.1, 0.15) is 18.9 Å². The molecule has 0 amide bonds. The molecule has 3 nitrogen and oxygen atoms in total. The van der Waals surface area contributed by atoms with Crippen LogP contribution in [-0.4, -0.2) is 6.61 Å². The van der Waals surface area contributed by atoms with Crippen molar-refractivity contribution < 1.29 is 13.9 Å². The van der Waals surface area contributed by atoms with Gasteiger partial charge in [-0.1, -0.05) is 37.3 Å². The van der Waals surface area contributed by atoms with Crippen LogP contribution in [0.25, 0.3) is 0 Å². The van der Waals surface area contributed by atoms with Crippen LogP contribution in [0.3, 0.4) is 0 Å². The van der Waals surface area contributed by atoms with E-state index in [0.717, 1.165) is 12.0 Å². The maximum absolute atomic E-state index is 13.7. The minimum absolute atomic E-state index is 0.170. The van der Waals surface area contributed by atoms with Crippen LogP contribution in [0.15, 0.2) is 42.5 Å². The van der Waals surface area contributed by atoms with Gasteiger partial charge >= 0.3 is 0 Å². The van der Waals surface area contributed by atoms with Gasteiger partial charge in [0.15, 0.2) is 11.6 Å². The lowest BCUT2D eigenvalue weighted by Gasteiger charge is -2.12. The number of benzene rings is 2. The van der Waals surface area contributed by atoms with Crippen molar-refractivity contribution in [1.82, 2.24) is 0 Å². The third-order valence-corrected chi connectivity index (χ3v) is 2.76. The molecule has 4 heteroatoms. The first-order chi connectivity index (χ1) is 9.70. The summed E-state index contributed by atoms with van der Waals surface area (Å²) in [5, 5.41) is 0. The fourth-order valence-corrected chi connectivity index (χ4v) is 1.73. The number of hydrogen-bond donors (Lipinski definition) is 1. The Morgan fingerprint density at radius 2 is 1.80 bits per heavy atom. The fourth-order valence-electron chi connectivity index (χ4n) is 1.73. The van der Waals surface area contributed by atoms with E-state index < -0.39 is 5.82 Å². The molecule has 0 spiro atoms. The topological polar surface area (TPSA) is 44.5 Å². The van der Waals surface area contributed by atoms with E-state index in [1.807, 2.05) is 37.3 Å². The molecule has 2 rings (SSSR count). The Morgan fingerprint density at radius 1 is 1.05 bits per heavy atom. The first-order valence-electron chi connectivity index (χ1n) is 6.59. The van der Waals surface area contributed by atoms with Gasteiger partial charge in [0, 0.05) is 12.1 Å². The van der Waals surface area contributed by atoms with Crippen LogP contribution in [0, 0.1) is 5.82 Å². The molecule has 20 heavy (non-hydrogen) atoms. The Labute approximate surface area is 118 Å². The minimum Gasteiger partial charge on any atom is -0.490 e. The minimum atomic E-state index is -0.469. The summed E-state index contributed by atoms with van der Waals surface area (Å²) in [5.74, 6) is 0.133. The van der Waals surface area contributed by atoms with Crippen LogP contribution in [0.5, 0.6) is 11.5 Å². The predicted molar refractivity (Wildman–Crippen MR) is 77.4 cm³/mol. The lowest BCUT2D eigenvalue weighted by atomic mass is 10.2. The fraction of sp³-hybridized carbons (Fsp3) is 0.250. The van der Waals surface area contributed by atoms with Gasteiger partial charge in [0.25, 0.3) is 0 Å². The highest BCUT2D eigenvalue weighted by molar-refractivity contribution is 5.56. The molecule has 0 saturated heterocycles. The molecule has 0 bridgehead atoms. The summed E-state index contributed by atoms with van der Waals surface area (Å²) < 4.78 is 24.6. The van der Waals surface area contributed by atoms with E-state index in [0.29, 0.717) is 19.0 Å². The van der Waals surface area contributed by atoms with Crippen molar-refractivity contribution in [1.29, 1.82) is 0 Å². The molecule has 0 fully saturated rings. The van der Waals surface area contributed by atoms with Crippen molar-refractivity contribution in [2.45, 2.75) is 20.0 Å². The molecule has 0 aromatic heterocycles. The third kappa shape index (κ3) is 3.63. The van der Waals surface area contributed by atoms with E-state index in [9.17, 15) is 4.39 Å². The summed E-state index contributed by atoms with van der Waals surface area (Å²) in [7, 11) is 0. The third-order valence-electron chi connectivity index (χ3n) is 2.76. The Hall–Kier alpha value is -2.23. The van der Waals surface area contributed by atoms with Crippen LogP contribution in [-0.2, 0) is 6.61 Å². The number of nitrogen functional groups attached to an aromatic ring is 1. The average molecular weight is 275 g/mol. The van der Waals surface area contributed by atoms with Gasteiger partial charge in [-0.3, -0.25) is 0 Å². The average Bonchev–Trinajstić information content (AvgIpc) is 2.46. The summed E-state index contributed by atoms with van der Waals surface area (Å²) in [4.78, 5) is 0. The maximum Gasteiger partial charge on any atom is 0.167 e. The molecule has 0 unspecified atom stereocenters. The van der Waals surface area contributed by atoms with Crippen molar-refractivity contribution in [2.75, 3.05) is 12.3 Å². The van der Waals surface area contributed by atoms with E-state index >= 15 is 0 Å². The standard InChI is InChI=1S/C16H18FNO2/c1-2-8-19-15-10-16(14(18)9-13(15)17)20-11-12-6-4-3-5-7-12/h3-7,9-10H,2,8,11,18H2,1H3. The number of nitrogens with two attached hydrogens (primary N) is 1. The van der Waals surface area contributed by atoms with Crippen LogP contribution in [0.2, 0.25) is 0 Å². The Bertz CT molecular complexity index is 558. The molecule has 0 radical (unpaired) electrons. The number of anilines is 1. The van der Waals surface area contributed by atoms with E-state index in [4.69, 9.17) is 15.2 Å². The van der Waals surface area contributed by atoms with Crippen molar-refractivity contribution in [3.63, 3.8) is 0 Å². The highest BCUT2D eigenvalue weighted by Gasteiger charge is 2.10. The second kappa shape index (κ2) is 6.80. The molecule has 0 aliphatic rings. The smallest absolute Gasteiger partial charge is 0.167 e. The molecule has 0 saturated carbocycles. The molecule has 0 atom stereocenters. The van der Waals surface area contributed by atoms with Crippen LogP contribution >= 0.6 is 0 Å². The van der Waals surface area contributed by atoms with Crippen molar-refractivity contribution in [3.8, 4) is 11.5 Å². The summed E-state index contributed by atoms with van der Waals surface area (Å²) in [5.41, 5.74) is 7.05.